The second kappa shape index (κ2) is 27.3. The molecule has 0 saturated carbocycles. The summed E-state index contributed by atoms with van der Waals surface area (Å²) < 4.78 is 49.3. The van der Waals surface area contributed by atoms with Crippen LogP contribution in [0, 0.1) is 0 Å². The average Bonchev–Trinajstić information content (AvgIpc) is 3.25. The first kappa shape index (κ1) is 48.1. The summed E-state index contributed by atoms with van der Waals surface area (Å²) in [4.78, 5) is 24.3. The van der Waals surface area contributed by atoms with Crippen molar-refractivity contribution < 1.29 is 47.5 Å². The molecule has 4 aromatic rings. The number of hydrogen-bond donors (Lipinski definition) is 0. The Bertz CT molecular complexity index is 1750. The molecular weight excluding hydrogens is 761 g/mol. The maximum Gasteiger partial charge on any atom is 0.305 e. The summed E-state index contributed by atoms with van der Waals surface area (Å²) in [5.41, 5.74) is 0. The van der Waals surface area contributed by atoms with Crippen LogP contribution in [0.3, 0.4) is 0 Å². The maximum atomic E-state index is 12.2. The fourth-order valence-electron chi connectivity index (χ4n) is 7.09. The fourth-order valence-corrected chi connectivity index (χ4v) is 7.09. The molecule has 0 aliphatic heterocycles. The second-order valence-corrected chi connectivity index (χ2v) is 15.3. The van der Waals surface area contributed by atoms with Crippen LogP contribution < -0.4 is 28.4 Å². The molecule has 0 aliphatic carbocycles. The highest BCUT2D eigenvalue weighted by atomic mass is 16.5. The van der Waals surface area contributed by atoms with Crippen molar-refractivity contribution in [3.05, 3.63) is 36.4 Å². The molecule has 0 heterocycles. The van der Waals surface area contributed by atoms with Crippen molar-refractivity contribution in [1.82, 2.24) is 0 Å². The highest BCUT2D eigenvalue weighted by molar-refractivity contribution is 6.26. The zero-order valence-electron chi connectivity index (χ0n) is 37.5. The third-order valence-corrected chi connectivity index (χ3v) is 10.3. The lowest BCUT2D eigenvalue weighted by Gasteiger charge is -2.20. The van der Waals surface area contributed by atoms with E-state index in [0.717, 1.165) is 109 Å². The number of carbonyl (C=O) groups excluding carboxylic acids is 2. The van der Waals surface area contributed by atoms with Gasteiger partial charge in [0.2, 0.25) is 0 Å². The predicted molar refractivity (Wildman–Crippen MR) is 242 cm³/mol. The zero-order chi connectivity index (χ0) is 43.0. The largest absolute Gasteiger partial charge is 0.490 e. The first-order valence-corrected chi connectivity index (χ1v) is 23.0. The lowest BCUT2D eigenvalue weighted by molar-refractivity contribution is -0.144. The summed E-state index contributed by atoms with van der Waals surface area (Å²) in [6.45, 7) is 16.0. The molecule has 0 unspecified atom stereocenters. The van der Waals surface area contributed by atoms with Crippen molar-refractivity contribution in [3.63, 3.8) is 0 Å². The molecule has 4 rings (SSSR count). The summed E-state index contributed by atoms with van der Waals surface area (Å²) in [5.74, 6) is 3.47. The Morgan fingerprint density at radius 2 is 0.550 bits per heavy atom. The Morgan fingerprint density at radius 3 is 0.750 bits per heavy atom. The van der Waals surface area contributed by atoms with E-state index in [2.05, 4.69) is 64.1 Å². The van der Waals surface area contributed by atoms with Gasteiger partial charge >= 0.3 is 11.9 Å². The minimum absolute atomic E-state index is 0.234. The molecule has 0 N–H and O–H groups in total. The molecular formula is C50H72O10. The molecule has 0 amide bonds. The van der Waals surface area contributed by atoms with Crippen LogP contribution in [-0.2, 0) is 19.1 Å². The van der Waals surface area contributed by atoms with Crippen LogP contribution in [-0.4, -0.2) is 64.8 Å². The Labute approximate surface area is 358 Å². The molecule has 0 atom stereocenters. The SMILES string of the molecule is CCCCCOc1cc2c(cc1OCCCCC)c1cc(OCCCC(=O)OCC)c(OCCCCC)cc1c1cc(OCCCCC)c(OCCCC(=O)OCC)cc21. The van der Waals surface area contributed by atoms with Gasteiger partial charge in [0, 0.05) is 12.8 Å². The Hall–Kier alpha value is -4.60. The van der Waals surface area contributed by atoms with E-state index in [1.807, 2.05) is 13.8 Å². The summed E-state index contributed by atoms with van der Waals surface area (Å²) in [6.07, 6.45) is 13.9. The minimum atomic E-state index is -0.234. The monoisotopic (exact) mass is 833 g/mol. The average molecular weight is 833 g/mol. The van der Waals surface area contributed by atoms with E-state index in [1.165, 1.54) is 0 Å². The molecule has 0 saturated heterocycles. The van der Waals surface area contributed by atoms with Gasteiger partial charge in [-0.1, -0.05) is 79.1 Å². The first-order valence-electron chi connectivity index (χ1n) is 23.0. The van der Waals surface area contributed by atoms with Gasteiger partial charge in [0.25, 0.3) is 0 Å². The van der Waals surface area contributed by atoms with Crippen LogP contribution >= 0.6 is 0 Å². The van der Waals surface area contributed by atoms with Crippen molar-refractivity contribution in [2.75, 3.05) is 52.9 Å². The van der Waals surface area contributed by atoms with Crippen LogP contribution in [0.25, 0.3) is 32.3 Å². The molecule has 0 aromatic heterocycles. The molecule has 0 aliphatic rings. The third kappa shape index (κ3) is 14.8. The number of benzene rings is 4. The van der Waals surface area contributed by atoms with Gasteiger partial charge in [-0.25, -0.2) is 0 Å². The van der Waals surface area contributed by atoms with Gasteiger partial charge in [-0.2, -0.15) is 0 Å². The Morgan fingerprint density at radius 1 is 0.333 bits per heavy atom. The molecule has 10 nitrogen and oxygen atoms in total. The van der Waals surface area contributed by atoms with Gasteiger partial charge in [0.15, 0.2) is 34.5 Å². The van der Waals surface area contributed by atoms with Gasteiger partial charge in [-0.15, -0.1) is 0 Å². The number of ether oxygens (including phenoxy) is 8. The molecule has 332 valence electrons. The van der Waals surface area contributed by atoms with Gasteiger partial charge < -0.3 is 37.9 Å². The van der Waals surface area contributed by atoms with Crippen LogP contribution in [0.2, 0.25) is 0 Å². The molecule has 0 spiro atoms. The normalized spacial score (nSPS) is 11.2. The number of unbranched alkanes of at least 4 members (excludes halogenated alkanes) is 8. The second-order valence-electron chi connectivity index (χ2n) is 15.3. The quantitative estimate of drug-likeness (QED) is 0.0268. The van der Waals surface area contributed by atoms with Gasteiger partial charge in [0.05, 0.1) is 52.9 Å². The van der Waals surface area contributed by atoms with Crippen LogP contribution in [0.1, 0.15) is 144 Å². The maximum absolute atomic E-state index is 12.2. The van der Waals surface area contributed by atoms with Crippen molar-refractivity contribution in [2.45, 2.75) is 144 Å². The summed E-state index contributed by atoms with van der Waals surface area (Å²) in [6, 6.07) is 12.5. The van der Waals surface area contributed by atoms with Crippen LogP contribution in [0.5, 0.6) is 34.5 Å². The van der Waals surface area contributed by atoms with Crippen LogP contribution in [0.15, 0.2) is 36.4 Å². The summed E-state index contributed by atoms with van der Waals surface area (Å²) >= 11 is 0. The van der Waals surface area contributed by atoms with Crippen molar-refractivity contribution >= 4 is 44.3 Å². The number of carbonyl (C=O) groups is 2. The first-order chi connectivity index (χ1) is 29.4. The standard InChI is InChI=1S/C50H72O10/c1-7-13-17-25-55-43-31-37-38(32-44(43)56-26-18-14-8-2)42-36-48(60-30-22-24-50(52)54-12-6)46(58-28-20-16-10-4)34-40(42)39-33-45(57-27-19-15-9-3)47(35-41(37)39)59-29-21-23-49(51)53-11-5/h31-36H,7-30H2,1-6H3. The van der Waals surface area contributed by atoms with Gasteiger partial charge in [-0.05, 0) is 121 Å². The smallest absolute Gasteiger partial charge is 0.305 e. The molecule has 10 heteroatoms. The molecule has 4 aromatic carbocycles. The lowest BCUT2D eigenvalue weighted by atomic mass is 9.93. The van der Waals surface area contributed by atoms with E-state index in [1.54, 1.807) is 0 Å². The van der Waals surface area contributed by atoms with E-state index >= 15 is 0 Å². The fraction of sp³-hybridized carbons (Fsp3) is 0.600. The van der Waals surface area contributed by atoms with Gasteiger partial charge in [0.1, 0.15) is 0 Å². The number of rotatable bonds is 32. The topological polar surface area (TPSA) is 108 Å². The van der Waals surface area contributed by atoms with E-state index in [-0.39, 0.29) is 24.8 Å². The molecule has 0 bridgehead atoms. The van der Waals surface area contributed by atoms with E-state index in [4.69, 9.17) is 37.9 Å². The van der Waals surface area contributed by atoms with E-state index < -0.39 is 0 Å². The Balaban J connectivity index is 1.96. The van der Waals surface area contributed by atoms with Crippen molar-refractivity contribution in [2.24, 2.45) is 0 Å². The molecule has 0 radical (unpaired) electrons. The predicted octanol–water partition coefficient (Wildman–Crippen LogP) is 12.9. The highest BCUT2D eigenvalue weighted by Gasteiger charge is 2.21. The van der Waals surface area contributed by atoms with E-state index in [0.29, 0.717) is 100 Å². The number of hydrogen-bond acceptors (Lipinski definition) is 10. The van der Waals surface area contributed by atoms with E-state index in [9.17, 15) is 9.59 Å². The number of esters is 2. The summed E-state index contributed by atoms with van der Waals surface area (Å²) in [5, 5.41) is 5.83. The Kier molecular flexibility index (Phi) is 21.9. The lowest BCUT2D eigenvalue weighted by Crippen LogP contribution is -2.08. The van der Waals surface area contributed by atoms with Crippen molar-refractivity contribution in [3.8, 4) is 34.5 Å². The molecule has 60 heavy (non-hydrogen) atoms. The zero-order valence-corrected chi connectivity index (χ0v) is 37.5. The molecule has 0 fully saturated rings. The third-order valence-electron chi connectivity index (χ3n) is 10.3. The summed E-state index contributed by atoms with van der Waals surface area (Å²) in [7, 11) is 0. The minimum Gasteiger partial charge on any atom is -0.490 e. The van der Waals surface area contributed by atoms with Crippen LogP contribution in [0.4, 0.5) is 0 Å². The highest BCUT2D eigenvalue weighted by Crippen LogP contribution is 2.47. The van der Waals surface area contributed by atoms with Gasteiger partial charge in [-0.3, -0.25) is 9.59 Å². The number of fused-ring (bicyclic) bond motifs is 6. The van der Waals surface area contributed by atoms with Crippen molar-refractivity contribution in [1.29, 1.82) is 0 Å².